The lowest BCUT2D eigenvalue weighted by Crippen LogP contribution is -2.37. The summed E-state index contributed by atoms with van der Waals surface area (Å²) in [6, 6.07) is 0. The van der Waals surface area contributed by atoms with E-state index in [1.807, 2.05) is 6.20 Å². The van der Waals surface area contributed by atoms with Crippen LogP contribution in [0.5, 0.6) is 0 Å². The highest BCUT2D eigenvalue weighted by Gasteiger charge is 2.35. The molecule has 0 saturated carbocycles. The van der Waals surface area contributed by atoms with Gasteiger partial charge >= 0.3 is 0 Å². The topological polar surface area (TPSA) is 47.3 Å². The molecule has 1 unspecified atom stereocenters. The van der Waals surface area contributed by atoms with Crippen LogP contribution < -0.4 is 5.32 Å². The summed E-state index contributed by atoms with van der Waals surface area (Å²) in [5.41, 5.74) is -0.126. The zero-order valence-electron chi connectivity index (χ0n) is 11.9. The van der Waals surface area contributed by atoms with E-state index in [-0.39, 0.29) is 11.1 Å². The third-order valence-corrected chi connectivity index (χ3v) is 3.29. The Morgan fingerprint density at radius 1 is 1.44 bits per heavy atom. The van der Waals surface area contributed by atoms with Gasteiger partial charge < -0.3 is 14.5 Å². The van der Waals surface area contributed by atoms with Gasteiger partial charge in [-0.2, -0.15) is 0 Å². The zero-order valence-corrected chi connectivity index (χ0v) is 11.9. The smallest absolute Gasteiger partial charge is 0.195 e. The summed E-state index contributed by atoms with van der Waals surface area (Å²) in [6.45, 7) is 10.2. The van der Waals surface area contributed by atoms with E-state index in [4.69, 9.17) is 9.15 Å². The van der Waals surface area contributed by atoms with E-state index < -0.39 is 0 Å². The summed E-state index contributed by atoms with van der Waals surface area (Å²) >= 11 is 0. The summed E-state index contributed by atoms with van der Waals surface area (Å²) < 4.78 is 11.6. The van der Waals surface area contributed by atoms with Crippen LogP contribution in [0.2, 0.25) is 0 Å². The van der Waals surface area contributed by atoms with Crippen LogP contribution in [0, 0.1) is 0 Å². The molecule has 0 radical (unpaired) electrons. The summed E-state index contributed by atoms with van der Waals surface area (Å²) in [5, 5.41) is 3.43. The van der Waals surface area contributed by atoms with Crippen molar-refractivity contribution in [1.82, 2.24) is 10.3 Å². The fraction of sp³-hybridized carbons (Fsp3) is 0.786. The molecule has 18 heavy (non-hydrogen) atoms. The van der Waals surface area contributed by atoms with Gasteiger partial charge in [0.25, 0.3) is 0 Å². The molecule has 1 atom stereocenters. The summed E-state index contributed by atoms with van der Waals surface area (Å²) in [4.78, 5) is 4.34. The maximum atomic E-state index is 5.81. The molecule has 1 fully saturated rings. The molecular weight excluding hydrogens is 228 g/mol. The van der Waals surface area contributed by atoms with Gasteiger partial charge in [0.15, 0.2) is 11.7 Å². The molecule has 1 saturated heterocycles. The minimum Gasteiger partial charge on any atom is -0.443 e. The van der Waals surface area contributed by atoms with Crippen molar-refractivity contribution < 1.29 is 9.15 Å². The molecule has 2 heterocycles. The van der Waals surface area contributed by atoms with E-state index in [0.29, 0.717) is 0 Å². The number of hydrogen-bond donors (Lipinski definition) is 1. The molecule has 4 nitrogen and oxygen atoms in total. The number of ether oxygens (including phenoxy) is 1. The van der Waals surface area contributed by atoms with E-state index in [2.05, 4.69) is 38.0 Å². The van der Waals surface area contributed by atoms with Gasteiger partial charge in [-0.3, -0.25) is 0 Å². The fourth-order valence-electron chi connectivity index (χ4n) is 2.19. The third-order valence-electron chi connectivity index (χ3n) is 3.29. The number of nitrogens with zero attached hydrogens (tertiary/aromatic N) is 1. The molecular formula is C14H24N2O2. The summed E-state index contributed by atoms with van der Waals surface area (Å²) in [5.74, 6) is 1.66. The predicted molar refractivity (Wildman–Crippen MR) is 70.5 cm³/mol. The molecule has 0 bridgehead atoms. The molecule has 2 rings (SSSR count). The highest BCUT2D eigenvalue weighted by molar-refractivity contribution is 5.07. The van der Waals surface area contributed by atoms with Crippen LogP contribution in [0.1, 0.15) is 52.2 Å². The molecule has 1 aromatic rings. The molecule has 0 aliphatic carbocycles. The van der Waals surface area contributed by atoms with E-state index >= 15 is 0 Å². The standard InChI is InChI=1S/C14H24N2O2/c1-13(2,3)16-8-6-12-15-10-11(18-12)14(4)7-5-9-17-14/h10,16H,5-9H2,1-4H3. The van der Waals surface area contributed by atoms with Crippen LogP contribution >= 0.6 is 0 Å². The predicted octanol–water partition coefficient (Wildman–Crippen LogP) is 2.63. The molecule has 0 spiro atoms. The maximum Gasteiger partial charge on any atom is 0.195 e. The van der Waals surface area contributed by atoms with Crippen LogP contribution in [-0.4, -0.2) is 23.7 Å². The minimum atomic E-state index is -0.261. The van der Waals surface area contributed by atoms with Gasteiger partial charge in [-0.05, 0) is 40.5 Å². The monoisotopic (exact) mass is 252 g/mol. The number of rotatable bonds is 4. The van der Waals surface area contributed by atoms with Crippen LogP contribution in [0.4, 0.5) is 0 Å². The molecule has 1 aliphatic rings. The van der Waals surface area contributed by atoms with Crippen molar-refractivity contribution >= 4 is 0 Å². The van der Waals surface area contributed by atoms with Gasteiger partial charge in [0.1, 0.15) is 5.60 Å². The quantitative estimate of drug-likeness (QED) is 0.895. The Morgan fingerprint density at radius 3 is 2.83 bits per heavy atom. The highest BCUT2D eigenvalue weighted by atomic mass is 16.5. The van der Waals surface area contributed by atoms with E-state index in [1.54, 1.807) is 0 Å². The van der Waals surface area contributed by atoms with E-state index in [1.165, 1.54) is 0 Å². The lowest BCUT2D eigenvalue weighted by molar-refractivity contribution is -0.00164. The number of hydrogen-bond acceptors (Lipinski definition) is 4. The lowest BCUT2D eigenvalue weighted by atomic mass is 10.0. The first-order chi connectivity index (χ1) is 8.39. The van der Waals surface area contributed by atoms with Crippen LogP contribution in [0.3, 0.4) is 0 Å². The Kier molecular flexibility index (Phi) is 3.78. The van der Waals surface area contributed by atoms with Gasteiger partial charge in [0.05, 0.1) is 6.20 Å². The van der Waals surface area contributed by atoms with E-state index in [9.17, 15) is 0 Å². The molecule has 1 aliphatic heterocycles. The average Bonchev–Trinajstić information content (AvgIpc) is 2.86. The lowest BCUT2D eigenvalue weighted by Gasteiger charge is -2.20. The van der Waals surface area contributed by atoms with Crippen molar-refractivity contribution in [2.45, 2.75) is 58.1 Å². The molecule has 1 aromatic heterocycles. The number of aromatic nitrogens is 1. The normalized spacial score (nSPS) is 24.7. The first kappa shape index (κ1) is 13.6. The van der Waals surface area contributed by atoms with Gasteiger partial charge in [0, 0.05) is 25.1 Å². The molecule has 1 N–H and O–H groups in total. The van der Waals surface area contributed by atoms with Crippen LogP contribution in [0.25, 0.3) is 0 Å². The van der Waals surface area contributed by atoms with Crippen molar-refractivity contribution in [1.29, 1.82) is 0 Å². The Morgan fingerprint density at radius 2 is 2.22 bits per heavy atom. The van der Waals surface area contributed by atoms with E-state index in [0.717, 1.165) is 44.1 Å². The maximum absolute atomic E-state index is 5.81. The second-order valence-electron chi connectivity index (χ2n) is 6.23. The second-order valence-corrected chi connectivity index (χ2v) is 6.23. The van der Waals surface area contributed by atoms with Crippen molar-refractivity contribution in [3.05, 3.63) is 17.8 Å². The number of nitrogens with one attached hydrogen (secondary N) is 1. The molecule has 4 heteroatoms. The van der Waals surface area contributed by atoms with Crippen molar-refractivity contribution in [3.63, 3.8) is 0 Å². The van der Waals surface area contributed by atoms with Crippen LogP contribution in [0.15, 0.2) is 10.6 Å². The largest absolute Gasteiger partial charge is 0.443 e. The van der Waals surface area contributed by atoms with Crippen molar-refractivity contribution in [3.8, 4) is 0 Å². The Bertz CT molecular complexity index is 387. The van der Waals surface area contributed by atoms with Gasteiger partial charge in [-0.15, -0.1) is 0 Å². The second kappa shape index (κ2) is 5.02. The fourth-order valence-corrected chi connectivity index (χ4v) is 2.19. The van der Waals surface area contributed by atoms with Gasteiger partial charge in [0.2, 0.25) is 0 Å². The SMILES string of the molecule is CC(C)(C)NCCc1ncc(C2(C)CCCO2)o1. The Labute approximate surface area is 109 Å². The third kappa shape index (κ3) is 3.33. The van der Waals surface area contributed by atoms with Crippen LogP contribution in [-0.2, 0) is 16.8 Å². The first-order valence-electron chi connectivity index (χ1n) is 6.73. The Balaban J connectivity index is 1.90. The highest BCUT2D eigenvalue weighted by Crippen LogP contribution is 2.35. The van der Waals surface area contributed by atoms with Gasteiger partial charge in [-0.1, -0.05) is 0 Å². The molecule has 0 aromatic carbocycles. The molecule has 102 valence electrons. The Hall–Kier alpha value is -0.870. The summed E-state index contributed by atoms with van der Waals surface area (Å²) in [6.07, 6.45) is 4.74. The first-order valence-corrected chi connectivity index (χ1v) is 6.73. The summed E-state index contributed by atoms with van der Waals surface area (Å²) in [7, 11) is 0. The van der Waals surface area contributed by atoms with Crippen molar-refractivity contribution in [2.75, 3.05) is 13.2 Å². The van der Waals surface area contributed by atoms with Crippen molar-refractivity contribution in [2.24, 2.45) is 0 Å². The average molecular weight is 252 g/mol. The minimum absolute atomic E-state index is 0.135. The zero-order chi connectivity index (χ0) is 13.2. The van der Waals surface area contributed by atoms with Gasteiger partial charge in [-0.25, -0.2) is 4.98 Å². The molecule has 0 amide bonds. The number of oxazole rings is 1.